The Morgan fingerprint density at radius 3 is 2.06 bits per heavy atom. The molecular formula is C15H23NO. The molecule has 0 aromatic heterocycles. The average Bonchev–Trinajstić information content (AvgIpc) is 2.15. The zero-order chi connectivity index (χ0) is 13.2. The standard InChI is InChI=1S/C15H23NO/c1-11-7-12(2)9-14(8-11)16(6)10-15(4,5)13(3)17/h7-9H,10H2,1-6H3. The van der Waals surface area contributed by atoms with Gasteiger partial charge in [-0.1, -0.05) is 19.9 Å². The van der Waals surface area contributed by atoms with Crippen LogP contribution in [0.1, 0.15) is 31.9 Å². The molecule has 0 aliphatic carbocycles. The van der Waals surface area contributed by atoms with Gasteiger partial charge in [-0.25, -0.2) is 0 Å². The molecule has 0 radical (unpaired) electrons. The first-order valence-corrected chi connectivity index (χ1v) is 6.03. The van der Waals surface area contributed by atoms with Gasteiger partial charge >= 0.3 is 0 Å². The average molecular weight is 233 g/mol. The minimum Gasteiger partial charge on any atom is -0.374 e. The SMILES string of the molecule is CC(=O)C(C)(C)CN(C)c1cc(C)cc(C)c1. The van der Waals surface area contributed by atoms with Crippen molar-refractivity contribution in [2.24, 2.45) is 5.41 Å². The van der Waals surface area contributed by atoms with Gasteiger partial charge in [0.25, 0.3) is 0 Å². The summed E-state index contributed by atoms with van der Waals surface area (Å²) in [6.45, 7) is 10.6. The minimum atomic E-state index is -0.299. The van der Waals surface area contributed by atoms with E-state index in [1.54, 1.807) is 6.92 Å². The Morgan fingerprint density at radius 2 is 1.65 bits per heavy atom. The van der Waals surface area contributed by atoms with Crippen LogP contribution in [0, 0.1) is 19.3 Å². The molecule has 2 heteroatoms. The molecule has 1 aromatic rings. The van der Waals surface area contributed by atoms with E-state index in [0.29, 0.717) is 0 Å². The molecule has 0 spiro atoms. The maximum absolute atomic E-state index is 11.5. The predicted molar refractivity (Wildman–Crippen MR) is 73.6 cm³/mol. The summed E-state index contributed by atoms with van der Waals surface area (Å²) in [4.78, 5) is 13.7. The number of aryl methyl sites for hydroxylation is 2. The van der Waals surface area contributed by atoms with Gasteiger partial charge in [-0.3, -0.25) is 4.79 Å². The number of nitrogens with zero attached hydrogens (tertiary/aromatic N) is 1. The molecule has 0 heterocycles. The predicted octanol–water partition coefficient (Wildman–Crippen LogP) is 3.35. The van der Waals surface area contributed by atoms with Gasteiger partial charge in [-0.15, -0.1) is 0 Å². The first kappa shape index (κ1) is 13.8. The van der Waals surface area contributed by atoms with E-state index in [2.05, 4.69) is 36.9 Å². The van der Waals surface area contributed by atoms with E-state index in [4.69, 9.17) is 0 Å². The van der Waals surface area contributed by atoms with Gasteiger partial charge in [0.05, 0.1) is 0 Å². The summed E-state index contributed by atoms with van der Waals surface area (Å²) in [6.07, 6.45) is 0. The van der Waals surface area contributed by atoms with Crippen molar-refractivity contribution < 1.29 is 4.79 Å². The van der Waals surface area contributed by atoms with Crippen molar-refractivity contribution in [1.29, 1.82) is 0 Å². The Hall–Kier alpha value is -1.31. The first-order valence-electron chi connectivity index (χ1n) is 6.03. The maximum Gasteiger partial charge on any atom is 0.137 e. The van der Waals surface area contributed by atoms with E-state index in [0.717, 1.165) is 6.54 Å². The van der Waals surface area contributed by atoms with Crippen LogP contribution in [-0.4, -0.2) is 19.4 Å². The summed E-state index contributed by atoms with van der Waals surface area (Å²) in [6, 6.07) is 6.47. The summed E-state index contributed by atoms with van der Waals surface area (Å²) in [7, 11) is 2.04. The molecule has 0 fully saturated rings. The number of rotatable bonds is 4. The van der Waals surface area contributed by atoms with E-state index in [9.17, 15) is 4.79 Å². The van der Waals surface area contributed by atoms with Gasteiger partial charge in [0.15, 0.2) is 0 Å². The Morgan fingerprint density at radius 1 is 1.18 bits per heavy atom. The zero-order valence-corrected chi connectivity index (χ0v) is 11.8. The van der Waals surface area contributed by atoms with Crippen molar-refractivity contribution >= 4 is 11.5 Å². The van der Waals surface area contributed by atoms with Crippen molar-refractivity contribution in [3.05, 3.63) is 29.3 Å². The highest BCUT2D eigenvalue weighted by atomic mass is 16.1. The lowest BCUT2D eigenvalue weighted by atomic mass is 9.88. The number of hydrogen-bond donors (Lipinski definition) is 0. The monoisotopic (exact) mass is 233 g/mol. The second-order valence-electron chi connectivity index (χ2n) is 5.64. The van der Waals surface area contributed by atoms with E-state index >= 15 is 0 Å². The molecule has 0 aliphatic heterocycles. The molecule has 0 aliphatic rings. The van der Waals surface area contributed by atoms with Crippen LogP contribution in [0.3, 0.4) is 0 Å². The molecule has 1 rings (SSSR count). The van der Waals surface area contributed by atoms with Gasteiger partial charge in [-0.2, -0.15) is 0 Å². The van der Waals surface area contributed by atoms with Crippen LogP contribution in [0.25, 0.3) is 0 Å². The van der Waals surface area contributed by atoms with E-state index in [-0.39, 0.29) is 11.2 Å². The zero-order valence-electron chi connectivity index (χ0n) is 11.8. The lowest BCUT2D eigenvalue weighted by Gasteiger charge is -2.30. The quantitative estimate of drug-likeness (QED) is 0.795. The molecule has 0 bridgehead atoms. The number of anilines is 1. The summed E-state index contributed by atoms with van der Waals surface area (Å²) in [5.41, 5.74) is 3.39. The number of carbonyl (C=O) groups excluding carboxylic acids is 1. The summed E-state index contributed by atoms with van der Waals surface area (Å²) >= 11 is 0. The molecule has 0 saturated carbocycles. The number of hydrogen-bond acceptors (Lipinski definition) is 2. The van der Waals surface area contributed by atoms with Crippen molar-refractivity contribution in [1.82, 2.24) is 0 Å². The summed E-state index contributed by atoms with van der Waals surface area (Å²) < 4.78 is 0. The molecule has 0 N–H and O–H groups in total. The molecule has 0 amide bonds. The number of benzene rings is 1. The molecule has 1 aromatic carbocycles. The third kappa shape index (κ3) is 3.58. The number of Topliss-reactive ketones (excluding diaryl/α,β-unsaturated/α-hetero) is 1. The highest BCUT2D eigenvalue weighted by Crippen LogP contribution is 2.23. The lowest BCUT2D eigenvalue weighted by molar-refractivity contribution is -0.124. The molecule has 0 atom stereocenters. The fraction of sp³-hybridized carbons (Fsp3) is 0.533. The Balaban J connectivity index is 2.90. The van der Waals surface area contributed by atoms with Gasteiger partial charge in [-0.05, 0) is 44.0 Å². The van der Waals surface area contributed by atoms with E-state index in [1.807, 2.05) is 20.9 Å². The van der Waals surface area contributed by atoms with Gasteiger partial charge in [0.1, 0.15) is 5.78 Å². The lowest BCUT2D eigenvalue weighted by Crippen LogP contribution is -2.36. The van der Waals surface area contributed by atoms with Crippen molar-refractivity contribution in [2.45, 2.75) is 34.6 Å². The first-order chi connectivity index (χ1) is 7.72. The molecule has 94 valence electrons. The van der Waals surface area contributed by atoms with E-state index < -0.39 is 0 Å². The van der Waals surface area contributed by atoms with Gasteiger partial charge < -0.3 is 4.90 Å². The molecule has 2 nitrogen and oxygen atoms in total. The third-order valence-corrected chi connectivity index (χ3v) is 3.23. The molecule has 0 unspecified atom stereocenters. The van der Waals surface area contributed by atoms with Crippen molar-refractivity contribution in [3.63, 3.8) is 0 Å². The molecule has 0 saturated heterocycles. The fourth-order valence-corrected chi connectivity index (χ4v) is 1.97. The number of ketones is 1. The largest absolute Gasteiger partial charge is 0.374 e. The highest BCUT2D eigenvalue weighted by Gasteiger charge is 2.25. The topological polar surface area (TPSA) is 20.3 Å². The van der Waals surface area contributed by atoms with Crippen LogP contribution in [-0.2, 0) is 4.79 Å². The van der Waals surface area contributed by atoms with Crippen LogP contribution < -0.4 is 4.90 Å². The van der Waals surface area contributed by atoms with Gasteiger partial charge in [0.2, 0.25) is 0 Å². The Bertz CT molecular complexity index is 401. The third-order valence-electron chi connectivity index (χ3n) is 3.23. The maximum atomic E-state index is 11.5. The smallest absolute Gasteiger partial charge is 0.137 e. The summed E-state index contributed by atoms with van der Waals surface area (Å²) in [5.74, 6) is 0.230. The van der Waals surface area contributed by atoms with Crippen LogP contribution >= 0.6 is 0 Å². The highest BCUT2D eigenvalue weighted by molar-refractivity contribution is 5.82. The second-order valence-corrected chi connectivity index (χ2v) is 5.64. The summed E-state index contributed by atoms with van der Waals surface area (Å²) in [5, 5.41) is 0. The van der Waals surface area contributed by atoms with Crippen LogP contribution in [0.4, 0.5) is 5.69 Å². The fourth-order valence-electron chi connectivity index (χ4n) is 1.97. The molecule has 17 heavy (non-hydrogen) atoms. The Labute approximate surface area is 105 Å². The normalized spacial score (nSPS) is 11.4. The van der Waals surface area contributed by atoms with Crippen LogP contribution in [0.15, 0.2) is 18.2 Å². The van der Waals surface area contributed by atoms with Crippen molar-refractivity contribution in [3.8, 4) is 0 Å². The van der Waals surface area contributed by atoms with Crippen molar-refractivity contribution in [2.75, 3.05) is 18.5 Å². The molecular weight excluding hydrogens is 210 g/mol. The second kappa shape index (κ2) is 4.91. The minimum absolute atomic E-state index is 0.230. The van der Waals surface area contributed by atoms with E-state index in [1.165, 1.54) is 16.8 Å². The number of carbonyl (C=O) groups is 1. The van der Waals surface area contributed by atoms with Crippen LogP contribution in [0.5, 0.6) is 0 Å². The van der Waals surface area contributed by atoms with Gasteiger partial charge in [0, 0.05) is 24.7 Å². The Kier molecular flexibility index (Phi) is 3.97. The van der Waals surface area contributed by atoms with Crippen LogP contribution in [0.2, 0.25) is 0 Å².